The van der Waals surface area contributed by atoms with Gasteiger partial charge in [0, 0.05) is 39.4 Å². The van der Waals surface area contributed by atoms with E-state index in [9.17, 15) is 0 Å². The maximum atomic E-state index is 5.96. The van der Waals surface area contributed by atoms with Crippen molar-refractivity contribution in [2.45, 2.75) is 13.0 Å². The molecule has 2 heterocycles. The van der Waals surface area contributed by atoms with Crippen LogP contribution < -0.4 is 19.7 Å². The number of aliphatic imine (C=N–C) groups is 1. The van der Waals surface area contributed by atoms with Gasteiger partial charge in [-0.25, -0.2) is 4.98 Å². The molecule has 3 rings (SSSR count). The van der Waals surface area contributed by atoms with Gasteiger partial charge in [-0.2, -0.15) is 0 Å². The lowest BCUT2D eigenvalue weighted by Crippen LogP contribution is -2.53. The zero-order chi connectivity index (χ0) is 19.8. The number of nitrogens with one attached hydrogen (secondary N) is 1. The standard InChI is InChI=1S/C21H29N5O2/c1-17(28-19-9-7-18(27-3)8-10-19)16-24-21(22-2)26-14-12-25(13-15-26)20-6-4-5-11-23-20/h4-11,17H,12-16H2,1-3H3,(H,22,24). The van der Waals surface area contributed by atoms with E-state index in [1.165, 1.54) is 0 Å². The van der Waals surface area contributed by atoms with Crippen molar-refractivity contribution >= 4 is 11.8 Å². The van der Waals surface area contributed by atoms with Crippen molar-refractivity contribution in [1.82, 2.24) is 15.2 Å². The molecule has 0 saturated carbocycles. The first-order valence-corrected chi connectivity index (χ1v) is 9.62. The van der Waals surface area contributed by atoms with E-state index >= 15 is 0 Å². The Kier molecular flexibility index (Phi) is 6.94. The molecule has 1 aliphatic heterocycles. The summed E-state index contributed by atoms with van der Waals surface area (Å²) in [5.41, 5.74) is 0. The molecular weight excluding hydrogens is 354 g/mol. The number of piperazine rings is 1. The van der Waals surface area contributed by atoms with Gasteiger partial charge in [0.2, 0.25) is 0 Å². The van der Waals surface area contributed by atoms with E-state index in [1.54, 1.807) is 7.11 Å². The molecule has 0 aliphatic carbocycles. The molecule has 0 radical (unpaired) electrons. The number of methoxy groups -OCH3 is 1. The van der Waals surface area contributed by atoms with Crippen LogP contribution in [0, 0.1) is 0 Å². The number of hydrogen-bond donors (Lipinski definition) is 1. The Morgan fingerprint density at radius 1 is 1.11 bits per heavy atom. The molecule has 1 N–H and O–H groups in total. The molecule has 1 aromatic carbocycles. The molecule has 0 bridgehead atoms. The zero-order valence-electron chi connectivity index (χ0n) is 16.8. The van der Waals surface area contributed by atoms with Crippen molar-refractivity contribution in [2.24, 2.45) is 4.99 Å². The first-order chi connectivity index (χ1) is 13.7. The van der Waals surface area contributed by atoms with Gasteiger partial charge in [0.25, 0.3) is 0 Å². The highest BCUT2D eigenvalue weighted by molar-refractivity contribution is 5.80. The first-order valence-electron chi connectivity index (χ1n) is 9.62. The van der Waals surface area contributed by atoms with Crippen molar-refractivity contribution < 1.29 is 9.47 Å². The van der Waals surface area contributed by atoms with E-state index < -0.39 is 0 Å². The van der Waals surface area contributed by atoms with Crippen LogP contribution in [0.25, 0.3) is 0 Å². The highest BCUT2D eigenvalue weighted by Crippen LogP contribution is 2.18. The molecule has 1 unspecified atom stereocenters. The van der Waals surface area contributed by atoms with E-state index in [0.29, 0.717) is 6.54 Å². The molecule has 28 heavy (non-hydrogen) atoms. The fourth-order valence-corrected chi connectivity index (χ4v) is 3.18. The lowest BCUT2D eigenvalue weighted by molar-refractivity contribution is 0.221. The van der Waals surface area contributed by atoms with E-state index in [2.05, 4.69) is 31.2 Å². The lowest BCUT2D eigenvalue weighted by Gasteiger charge is -2.37. The summed E-state index contributed by atoms with van der Waals surface area (Å²) in [6.07, 6.45) is 1.85. The highest BCUT2D eigenvalue weighted by Gasteiger charge is 2.20. The van der Waals surface area contributed by atoms with E-state index in [1.807, 2.05) is 56.6 Å². The van der Waals surface area contributed by atoms with Gasteiger partial charge < -0.3 is 24.6 Å². The molecule has 0 amide bonds. The Morgan fingerprint density at radius 3 is 2.43 bits per heavy atom. The summed E-state index contributed by atoms with van der Waals surface area (Å²) in [4.78, 5) is 13.5. The van der Waals surface area contributed by atoms with Crippen LogP contribution in [0.15, 0.2) is 53.7 Å². The smallest absolute Gasteiger partial charge is 0.193 e. The van der Waals surface area contributed by atoms with Crippen LogP contribution >= 0.6 is 0 Å². The van der Waals surface area contributed by atoms with Crippen molar-refractivity contribution in [2.75, 3.05) is 51.8 Å². The number of rotatable bonds is 6. The summed E-state index contributed by atoms with van der Waals surface area (Å²) >= 11 is 0. The maximum Gasteiger partial charge on any atom is 0.193 e. The number of aromatic nitrogens is 1. The minimum atomic E-state index is 0.0138. The molecular formula is C21H29N5O2. The van der Waals surface area contributed by atoms with E-state index in [-0.39, 0.29) is 6.10 Å². The normalized spacial score (nSPS) is 15.9. The molecule has 1 saturated heterocycles. The fourth-order valence-electron chi connectivity index (χ4n) is 3.18. The number of anilines is 1. The molecule has 7 heteroatoms. The van der Waals surface area contributed by atoms with Crippen LogP contribution in [0.2, 0.25) is 0 Å². The Labute approximate surface area is 167 Å². The highest BCUT2D eigenvalue weighted by atomic mass is 16.5. The topological polar surface area (TPSA) is 62.2 Å². The van der Waals surface area contributed by atoms with Crippen LogP contribution in [-0.2, 0) is 0 Å². The van der Waals surface area contributed by atoms with Gasteiger partial charge in [0.1, 0.15) is 23.4 Å². The summed E-state index contributed by atoms with van der Waals surface area (Å²) in [5, 5.41) is 3.43. The zero-order valence-corrected chi connectivity index (χ0v) is 16.8. The second-order valence-corrected chi connectivity index (χ2v) is 6.69. The van der Waals surface area contributed by atoms with Crippen LogP contribution in [0.1, 0.15) is 6.92 Å². The fraction of sp³-hybridized carbons (Fsp3) is 0.429. The second-order valence-electron chi connectivity index (χ2n) is 6.69. The molecule has 0 spiro atoms. The third-order valence-corrected chi connectivity index (χ3v) is 4.71. The molecule has 2 aromatic rings. The van der Waals surface area contributed by atoms with E-state index in [4.69, 9.17) is 9.47 Å². The molecule has 150 valence electrons. The SMILES string of the molecule is CN=C(NCC(C)Oc1ccc(OC)cc1)N1CCN(c2ccccn2)CC1. The predicted molar refractivity (Wildman–Crippen MR) is 112 cm³/mol. The Morgan fingerprint density at radius 2 is 1.82 bits per heavy atom. The second kappa shape index (κ2) is 9.82. The van der Waals surface area contributed by atoms with Gasteiger partial charge in [-0.05, 0) is 43.3 Å². The average molecular weight is 383 g/mol. The summed E-state index contributed by atoms with van der Waals surface area (Å²) in [7, 11) is 3.48. The van der Waals surface area contributed by atoms with Crippen molar-refractivity contribution in [3.05, 3.63) is 48.7 Å². The number of benzene rings is 1. The summed E-state index contributed by atoms with van der Waals surface area (Å²) in [6.45, 7) is 6.39. The maximum absolute atomic E-state index is 5.96. The largest absolute Gasteiger partial charge is 0.497 e. The Hall–Kier alpha value is -2.96. The first kappa shape index (κ1) is 19.8. The average Bonchev–Trinajstić information content (AvgIpc) is 2.76. The third-order valence-electron chi connectivity index (χ3n) is 4.71. The molecule has 1 aromatic heterocycles. The van der Waals surface area contributed by atoms with Gasteiger partial charge in [-0.1, -0.05) is 6.07 Å². The van der Waals surface area contributed by atoms with Crippen LogP contribution in [-0.4, -0.2) is 68.8 Å². The Balaban J connectivity index is 1.45. The molecule has 1 atom stereocenters. The van der Waals surface area contributed by atoms with E-state index in [0.717, 1.165) is 49.5 Å². The molecule has 1 fully saturated rings. The van der Waals surface area contributed by atoms with Crippen LogP contribution in [0.5, 0.6) is 11.5 Å². The number of hydrogen-bond acceptors (Lipinski definition) is 5. The van der Waals surface area contributed by atoms with Crippen molar-refractivity contribution in [3.8, 4) is 11.5 Å². The predicted octanol–water partition coefficient (Wildman–Crippen LogP) is 2.26. The third kappa shape index (κ3) is 5.28. The summed E-state index contributed by atoms with van der Waals surface area (Å²) < 4.78 is 11.1. The van der Waals surface area contributed by atoms with Crippen molar-refractivity contribution in [1.29, 1.82) is 0 Å². The summed E-state index contributed by atoms with van der Waals surface area (Å²) in [5.74, 6) is 3.59. The van der Waals surface area contributed by atoms with Crippen molar-refractivity contribution in [3.63, 3.8) is 0 Å². The van der Waals surface area contributed by atoms with Gasteiger partial charge >= 0.3 is 0 Å². The quantitative estimate of drug-likeness (QED) is 0.610. The minimum absolute atomic E-state index is 0.0138. The summed E-state index contributed by atoms with van der Waals surface area (Å²) in [6, 6.07) is 13.7. The van der Waals surface area contributed by atoms with Crippen LogP contribution in [0.4, 0.5) is 5.82 Å². The van der Waals surface area contributed by atoms with Gasteiger partial charge in [0.05, 0.1) is 13.7 Å². The lowest BCUT2D eigenvalue weighted by atomic mass is 10.3. The van der Waals surface area contributed by atoms with Crippen LogP contribution in [0.3, 0.4) is 0 Å². The van der Waals surface area contributed by atoms with Gasteiger partial charge in [-0.3, -0.25) is 4.99 Å². The number of pyridine rings is 1. The number of guanidine groups is 1. The Bertz CT molecular complexity index is 743. The monoisotopic (exact) mass is 383 g/mol. The van der Waals surface area contributed by atoms with Gasteiger partial charge in [-0.15, -0.1) is 0 Å². The van der Waals surface area contributed by atoms with Gasteiger partial charge in [0.15, 0.2) is 5.96 Å². The number of nitrogens with zero attached hydrogens (tertiary/aromatic N) is 4. The minimum Gasteiger partial charge on any atom is -0.497 e. The molecule has 7 nitrogen and oxygen atoms in total. The molecule has 1 aliphatic rings. The number of ether oxygens (including phenoxy) is 2.